The van der Waals surface area contributed by atoms with Gasteiger partial charge in [0, 0.05) is 24.8 Å². The van der Waals surface area contributed by atoms with E-state index in [2.05, 4.69) is 22.9 Å². The van der Waals surface area contributed by atoms with Crippen molar-refractivity contribution in [2.24, 2.45) is 5.73 Å². The lowest BCUT2D eigenvalue weighted by molar-refractivity contribution is 0.374. The van der Waals surface area contributed by atoms with E-state index in [1.165, 1.54) is 0 Å². The maximum absolute atomic E-state index is 9.24. The minimum atomic E-state index is 0.346. The molecule has 0 spiro atoms. The zero-order valence-electron chi connectivity index (χ0n) is 11.5. The van der Waals surface area contributed by atoms with E-state index < -0.39 is 0 Å². The Hall–Kier alpha value is -1.60. The molecular formula is C15H22N4. The summed E-state index contributed by atoms with van der Waals surface area (Å²) in [6, 6.07) is 6.74. The SMILES string of the molecule is CCCN(c1ncccc1C#N)C1CCC(N)CC1. The molecule has 102 valence electrons. The molecule has 1 heterocycles. The highest BCUT2D eigenvalue weighted by Crippen LogP contribution is 2.27. The van der Waals surface area contributed by atoms with Crippen molar-refractivity contribution in [1.82, 2.24) is 4.98 Å². The number of anilines is 1. The molecule has 0 bridgehead atoms. The maximum Gasteiger partial charge on any atom is 0.146 e. The zero-order chi connectivity index (χ0) is 13.7. The van der Waals surface area contributed by atoms with E-state index in [-0.39, 0.29) is 0 Å². The molecule has 1 saturated carbocycles. The lowest BCUT2D eigenvalue weighted by Crippen LogP contribution is -2.42. The Labute approximate surface area is 115 Å². The molecular weight excluding hydrogens is 236 g/mol. The van der Waals surface area contributed by atoms with Crippen LogP contribution < -0.4 is 10.6 Å². The lowest BCUT2D eigenvalue weighted by Gasteiger charge is -2.37. The topological polar surface area (TPSA) is 65.9 Å². The summed E-state index contributed by atoms with van der Waals surface area (Å²) in [5, 5.41) is 9.24. The van der Waals surface area contributed by atoms with Gasteiger partial charge in [-0.25, -0.2) is 4.98 Å². The number of hydrogen-bond acceptors (Lipinski definition) is 4. The Kier molecular flexibility index (Phi) is 4.75. The smallest absolute Gasteiger partial charge is 0.146 e. The molecule has 2 rings (SSSR count). The molecule has 4 nitrogen and oxygen atoms in total. The second-order valence-electron chi connectivity index (χ2n) is 5.25. The molecule has 0 aliphatic heterocycles. The third-order valence-corrected chi connectivity index (χ3v) is 3.83. The highest BCUT2D eigenvalue weighted by molar-refractivity contribution is 5.54. The van der Waals surface area contributed by atoms with Gasteiger partial charge < -0.3 is 10.6 Å². The van der Waals surface area contributed by atoms with E-state index in [1.54, 1.807) is 6.20 Å². The molecule has 2 N–H and O–H groups in total. The van der Waals surface area contributed by atoms with Crippen molar-refractivity contribution < 1.29 is 0 Å². The fourth-order valence-electron chi connectivity index (χ4n) is 2.83. The summed E-state index contributed by atoms with van der Waals surface area (Å²) in [5.74, 6) is 0.840. The van der Waals surface area contributed by atoms with E-state index in [0.29, 0.717) is 17.6 Å². The molecule has 4 heteroatoms. The number of aromatic nitrogens is 1. The third-order valence-electron chi connectivity index (χ3n) is 3.83. The van der Waals surface area contributed by atoms with Crippen molar-refractivity contribution >= 4 is 5.82 Å². The van der Waals surface area contributed by atoms with Gasteiger partial charge >= 0.3 is 0 Å². The van der Waals surface area contributed by atoms with Crippen LogP contribution in [0.5, 0.6) is 0 Å². The normalized spacial score (nSPS) is 22.8. The average Bonchev–Trinajstić information content (AvgIpc) is 2.46. The summed E-state index contributed by atoms with van der Waals surface area (Å²) >= 11 is 0. The van der Waals surface area contributed by atoms with Gasteiger partial charge in [-0.2, -0.15) is 5.26 Å². The number of pyridine rings is 1. The van der Waals surface area contributed by atoms with Crippen molar-refractivity contribution in [1.29, 1.82) is 5.26 Å². The van der Waals surface area contributed by atoms with Crippen molar-refractivity contribution in [2.75, 3.05) is 11.4 Å². The Morgan fingerprint density at radius 1 is 1.42 bits per heavy atom. The Morgan fingerprint density at radius 2 is 2.16 bits per heavy atom. The largest absolute Gasteiger partial charge is 0.353 e. The van der Waals surface area contributed by atoms with Gasteiger partial charge in [0.2, 0.25) is 0 Å². The van der Waals surface area contributed by atoms with Crippen LogP contribution in [-0.2, 0) is 0 Å². The first kappa shape index (κ1) is 13.8. The first-order valence-electron chi connectivity index (χ1n) is 7.13. The Bertz CT molecular complexity index is 444. The van der Waals surface area contributed by atoms with Gasteiger partial charge in [-0.1, -0.05) is 6.92 Å². The van der Waals surface area contributed by atoms with E-state index >= 15 is 0 Å². The van der Waals surface area contributed by atoms with Crippen LogP contribution in [0.4, 0.5) is 5.82 Å². The molecule has 1 fully saturated rings. The molecule has 1 aromatic heterocycles. The number of rotatable bonds is 4. The number of nitrogens with zero attached hydrogens (tertiary/aromatic N) is 3. The van der Waals surface area contributed by atoms with Crippen LogP contribution in [0.25, 0.3) is 0 Å². The summed E-state index contributed by atoms with van der Waals surface area (Å²) < 4.78 is 0. The van der Waals surface area contributed by atoms with Crippen LogP contribution in [0.2, 0.25) is 0 Å². The van der Waals surface area contributed by atoms with Crippen molar-refractivity contribution in [3.05, 3.63) is 23.9 Å². The second-order valence-corrected chi connectivity index (χ2v) is 5.25. The van der Waals surface area contributed by atoms with Crippen LogP contribution in [0.15, 0.2) is 18.3 Å². The fourth-order valence-corrected chi connectivity index (χ4v) is 2.83. The zero-order valence-corrected chi connectivity index (χ0v) is 11.5. The monoisotopic (exact) mass is 258 g/mol. The minimum Gasteiger partial charge on any atom is -0.353 e. The minimum absolute atomic E-state index is 0.346. The average molecular weight is 258 g/mol. The van der Waals surface area contributed by atoms with Crippen molar-refractivity contribution in [3.63, 3.8) is 0 Å². The molecule has 0 unspecified atom stereocenters. The van der Waals surface area contributed by atoms with Gasteiger partial charge in [-0.15, -0.1) is 0 Å². The summed E-state index contributed by atoms with van der Waals surface area (Å²) in [7, 11) is 0. The quantitative estimate of drug-likeness (QED) is 0.900. The van der Waals surface area contributed by atoms with Gasteiger partial charge in [-0.3, -0.25) is 0 Å². The molecule has 1 aliphatic carbocycles. The first-order chi connectivity index (χ1) is 9.26. The Balaban J connectivity index is 2.22. The number of nitrogens with two attached hydrogens (primary N) is 1. The first-order valence-corrected chi connectivity index (χ1v) is 7.13. The van der Waals surface area contributed by atoms with E-state index in [0.717, 1.165) is 44.5 Å². The van der Waals surface area contributed by atoms with Crippen LogP contribution in [0, 0.1) is 11.3 Å². The van der Waals surface area contributed by atoms with E-state index in [9.17, 15) is 5.26 Å². The molecule has 0 saturated heterocycles. The molecule has 0 aromatic carbocycles. The summed E-state index contributed by atoms with van der Waals surface area (Å²) in [5.41, 5.74) is 6.65. The second kappa shape index (κ2) is 6.53. The molecule has 0 atom stereocenters. The van der Waals surface area contributed by atoms with Crippen LogP contribution in [0.1, 0.15) is 44.6 Å². The summed E-state index contributed by atoms with van der Waals surface area (Å²) in [6.45, 7) is 3.11. The van der Waals surface area contributed by atoms with Crippen LogP contribution in [0.3, 0.4) is 0 Å². The van der Waals surface area contributed by atoms with E-state index in [4.69, 9.17) is 5.73 Å². The van der Waals surface area contributed by atoms with E-state index in [1.807, 2.05) is 12.1 Å². The maximum atomic E-state index is 9.24. The lowest BCUT2D eigenvalue weighted by atomic mass is 9.90. The fraction of sp³-hybridized carbons (Fsp3) is 0.600. The van der Waals surface area contributed by atoms with Gasteiger partial charge in [0.1, 0.15) is 11.9 Å². The van der Waals surface area contributed by atoms with Crippen LogP contribution >= 0.6 is 0 Å². The summed E-state index contributed by atoms with van der Waals surface area (Å²) in [6.07, 6.45) is 7.17. The van der Waals surface area contributed by atoms with Gasteiger partial charge in [0.05, 0.1) is 5.56 Å². The highest BCUT2D eigenvalue weighted by atomic mass is 15.2. The molecule has 0 radical (unpaired) electrons. The summed E-state index contributed by atoms with van der Waals surface area (Å²) in [4.78, 5) is 6.74. The van der Waals surface area contributed by atoms with Crippen molar-refractivity contribution in [2.45, 2.75) is 51.1 Å². The van der Waals surface area contributed by atoms with Gasteiger partial charge in [0.15, 0.2) is 0 Å². The van der Waals surface area contributed by atoms with Crippen LogP contribution in [-0.4, -0.2) is 23.6 Å². The molecule has 1 aliphatic rings. The standard InChI is InChI=1S/C15H22N4/c1-2-10-19(14-7-5-13(17)6-8-14)15-12(11-16)4-3-9-18-15/h3-4,9,13-14H,2,5-8,10,17H2,1H3. The van der Waals surface area contributed by atoms with Crippen molar-refractivity contribution in [3.8, 4) is 6.07 Å². The number of hydrogen-bond donors (Lipinski definition) is 1. The predicted molar refractivity (Wildman–Crippen MR) is 76.8 cm³/mol. The predicted octanol–water partition coefficient (Wildman–Crippen LogP) is 2.44. The third kappa shape index (κ3) is 3.24. The van der Waals surface area contributed by atoms with Gasteiger partial charge in [-0.05, 0) is 44.2 Å². The number of nitriles is 1. The molecule has 1 aromatic rings. The Morgan fingerprint density at radius 3 is 2.79 bits per heavy atom. The molecule has 0 amide bonds. The van der Waals surface area contributed by atoms with Gasteiger partial charge in [0.25, 0.3) is 0 Å². The molecule has 19 heavy (non-hydrogen) atoms. The highest BCUT2D eigenvalue weighted by Gasteiger charge is 2.26.